The molecule has 0 spiro atoms. The zero-order chi connectivity index (χ0) is 12.0. The van der Waals surface area contributed by atoms with Gasteiger partial charge in [0.1, 0.15) is 17.9 Å². The van der Waals surface area contributed by atoms with Crippen LogP contribution in [0.25, 0.3) is 0 Å². The molecule has 1 heterocycles. The average molecular weight is 218 g/mol. The first-order valence-corrected chi connectivity index (χ1v) is 5.08. The van der Waals surface area contributed by atoms with Crippen molar-refractivity contribution >= 4 is 11.7 Å². The maximum absolute atomic E-state index is 11.5. The second-order valence-electron chi connectivity index (χ2n) is 3.27. The van der Waals surface area contributed by atoms with E-state index < -0.39 is 6.04 Å². The second kappa shape index (κ2) is 5.71. The van der Waals surface area contributed by atoms with Gasteiger partial charge in [-0.3, -0.25) is 4.79 Å². The van der Waals surface area contributed by atoms with E-state index in [9.17, 15) is 4.79 Å². The topological polar surface area (TPSA) is 77.8 Å². The van der Waals surface area contributed by atoms with E-state index in [-0.39, 0.29) is 5.91 Å². The summed E-state index contributed by atoms with van der Waals surface area (Å²) in [6, 6.07) is 4.93. The van der Waals surface area contributed by atoms with Crippen LogP contribution in [-0.2, 0) is 4.79 Å². The van der Waals surface area contributed by atoms with E-state index in [1.807, 2.05) is 13.0 Å². The number of likely N-dealkylation sites (N-methyl/N-ethyl adjacent to an activating group) is 1. The van der Waals surface area contributed by atoms with Crippen LogP contribution in [-0.4, -0.2) is 23.5 Å². The third kappa shape index (κ3) is 2.95. The quantitative estimate of drug-likeness (QED) is 0.786. The molecular formula is C11H14N4O. The van der Waals surface area contributed by atoms with E-state index in [1.165, 1.54) is 0 Å². The number of pyridine rings is 1. The third-order valence-electron chi connectivity index (χ3n) is 2.03. The molecule has 5 nitrogen and oxygen atoms in total. The SMILES string of the molecule is CCNC(=O)C(C)Nc1ncccc1C#N. The maximum Gasteiger partial charge on any atom is 0.242 e. The van der Waals surface area contributed by atoms with Crippen LogP contribution >= 0.6 is 0 Å². The van der Waals surface area contributed by atoms with Crippen molar-refractivity contribution < 1.29 is 4.79 Å². The van der Waals surface area contributed by atoms with Crippen LogP contribution in [0.5, 0.6) is 0 Å². The first kappa shape index (κ1) is 12.0. The van der Waals surface area contributed by atoms with Gasteiger partial charge in [0.15, 0.2) is 0 Å². The molecule has 0 aromatic carbocycles. The second-order valence-corrected chi connectivity index (χ2v) is 3.27. The number of rotatable bonds is 4. The van der Waals surface area contributed by atoms with Gasteiger partial charge in [0.2, 0.25) is 5.91 Å². The number of aromatic nitrogens is 1. The first-order chi connectivity index (χ1) is 7.69. The van der Waals surface area contributed by atoms with Gasteiger partial charge < -0.3 is 10.6 Å². The summed E-state index contributed by atoms with van der Waals surface area (Å²) in [5.74, 6) is 0.320. The minimum atomic E-state index is -0.415. The number of hydrogen-bond donors (Lipinski definition) is 2. The molecule has 0 saturated heterocycles. The number of anilines is 1. The summed E-state index contributed by atoms with van der Waals surface area (Å²) in [6.45, 7) is 4.16. The summed E-state index contributed by atoms with van der Waals surface area (Å²) in [4.78, 5) is 15.5. The summed E-state index contributed by atoms with van der Waals surface area (Å²) in [5.41, 5.74) is 0.429. The van der Waals surface area contributed by atoms with Crippen molar-refractivity contribution in [2.24, 2.45) is 0 Å². The van der Waals surface area contributed by atoms with Crippen molar-refractivity contribution in [3.8, 4) is 6.07 Å². The summed E-state index contributed by atoms with van der Waals surface area (Å²) >= 11 is 0. The highest BCUT2D eigenvalue weighted by Gasteiger charge is 2.13. The minimum absolute atomic E-state index is 0.114. The summed E-state index contributed by atoms with van der Waals surface area (Å²) in [7, 11) is 0. The Morgan fingerprint density at radius 3 is 3.06 bits per heavy atom. The van der Waals surface area contributed by atoms with Gasteiger partial charge in [-0.1, -0.05) is 0 Å². The molecular weight excluding hydrogens is 204 g/mol. The molecule has 2 N–H and O–H groups in total. The number of nitrogens with one attached hydrogen (secondary N) is 2. The van der Waals surface area contributed by atoms with Crippen molar-refractivity contribution in [2.45, 2.75) is 19.9 Å². The van der Waals surface area contributed by atoms with E-state index in [1.54, 1.807) is 25.3 Å². The fraction of sp³-hybridized carbons (Fsp3) is 0.364. The Balaban J connectivity index is 2.73. The van der Waals surface area contributed by atoms with Gasteiger partial charge in [0, 0.05) is 12.7 Å². The van der Waals surface area contributed by atoms with Gasteiger partial charge in [-0.15, -0.1) is 0 Å². The predicted octanol–water partition coefficient (Wildman–Crippen LogP) is 0.890. The average Bonchev–Trinajstić information content (AvgIpc) is 2.30. The summed E-state index contributed by atoms with van der Waals surface area (Å²) in [6.07, 6.45) is 1.58. The Morgan fingerprint density at radius 2 is 2.44 bits per heavy atom. The monoisotopic (exact) mass is 218 g/mol. The zero-order valence-electron chi connectivity index (χ0n) is 9.32. The highest BCUT2D eigenvalue weighted by Crippen LogP contribution is 2.10. The molecule has 1 atom stereocenters. The molecule has 1 aromatic rings. The van der Waals surface area contributed by atoms with Crippen molar-refractivity contribution in [1.29, 1.82) is 5.26 Å². The van der Waals surface area contributed by atoms with Crippen molar-refractivity contribution in [3.63, 3.8) is 0 Å². The van der Waals surface area contributed by atoms with Gasteiger partial charge in [0.25, 0.3) is 0 Å². The number of nitrogens with zero attached hydrogens (tertiary/aromatic N) is 2. The Labute approximate surface area is 94.5 Å². The van der Waals surface area contributed by atoms with Crippen LogP contribution in [0.4, 0.5) is 5.82 Å². The fourth-order valence-corrected chi connectivity index (χ4v) is 1.21. The summed E-state index contributed by atoms with van der Waals surface area (Å²) in [5, 5.41) is 14.4. The fourth-order valence-electron chi connectivity index (χ4n) is 1.21. The predicted molar refractivity (Wildman–Crippen MR) is 60.7 cm³/mol. The zero-order valence-corrected chi connectivity index (χ0v) is 9.32. The van der Waals surface area contributed by atoms with Crippen LogP contribution < -0.4 is 10.6 Å². The maximum atomic E-state index is 11.5. The molecule has 0 aliphatic heterocycles. The lowest BCUT2D eigenvalue weighted by atomic mass is 10.2. The highest BCUT2D eigenvalue weighted by molar-refractivity contribution is 5.84. The smallest absolute Gasteiger partial charge is 0.242 e. The van der Waals surface area contributed by atoms with Gasteiger partial charge in [-0.05, 0) is 26.0 Å². The van der Waals surface area contributed by atoms with Gasteiger partial charge in [-0.25, -0.2) is 4.98 Å². The lowest BCUT2D eigenvalue weighted by molar-refractivity contribution is -0.121. The van der Waals surface area contributed by atoms with E-state index in [4.69, 9.17) is 5.26 Å². The van der Waals surface area contributed by atoms with Gasteiger partial charge in [-0.2, -0.15) is 5.26 Å². The number of amides is 1. The lowest BCUT2D eigenvalue weighted by Gasteiger charge is -2.14. The number of carbonyl (C=O) groups excluding carboxylic acids is 1. The van der Waals surface area contributed by atoms with Crippen LogP contribution in [0.15, 0.2) is 18.3 Å². The molecule has 5 heteroatoms. The third-order valence-corrected chi connectivity index (χ3v) is 2.03. The van der Waals surface area contributed by atoms with E-state index >= 15 is 0 Å². The molecule has 1 amide bonds. The van der Waals surface area contributed by atoms with Crippen molar-refractivity contribution in [3.05, 3.63) is 23.9 Å². The van der Waals surface area contributed by atoms with Gasteiger partial charge >= 0.3 is 0 Å². The van der Waals surface area contributed by atoms with Crippen LogP contribution in [0, 0.1) is 11.3 Å². The van der Waals surface area contributed by atoms with Crippen molar-refractivity contribution in [2.75, 3.05) is 11.9 Å². The Hall–Kier alpha value is -2.09. The largest absolute Gasteiger partial charge is 0.358 e. The highest BCUT2D eigenvalue weighted by atomic mass is 16.2. The van der Waals surface area contributed by atoms with Crippen LogP contribution in [0.3, 0.4) is 0 Å². The molecule has 1 rings (SSSR count). The Morgan fingerprint density at radius 1 is 1.69 bits per heavy atom. The van der Waals surface area contributed by atoms with E-state index in [2.05, 4.69) is 15.6 Å². The van der Waals surface area contributed by atoms with Crippen LogP contribution in [0.2, 0.25) is 0 Å². The molecule has 16 heavy (non-hydrogen) atoms. The molecule has 84 valence electrons. The van der Waals surface area contributed by atoms with E-state index in [0.29, 0.717) is 17.9 Å². The molecule has 1 unspecified atom stereocenters. The first-order valence-electron chi connectivity index (χ1n) is 5.08. The molecule has 0 aliphatic carbocycles. The van der Waals surface area contributed by atoms with Gasteiger partial charge in [0.05, 0.1) is 5.56 Å². The molecule has 0 saturated carbocycles. The summed E-state index contributed by atoms with van der Waals surface area (Å²) < 4.78 is 0. The number of hydrogen-bond acceptors (Lipinski definition) is 4. The normalized spacial score (nSPS) is 11.3. The molecule has 1 aromatic heterocycles. The number of nitriles is 1. The van der Waals surface area contributed by atoms with Crippen LogP contribution in [0.1, 0.15) is 19.4 Å². The Kier molecular flexibility index (Phi) is 4.28. The molecule has 0 radical (unpaired) electrons. The molecule has 0 fully saturated rings. The Bertz CT molecular complexity index is 411. The lowest BCUT2D eigenvalue weighted by Crippen LogP contribution is -2.37. The van der Waals surface area contributed by atoms with Crippen molar-refractivity contribution in [1.82, 2.24) is 10.3 Å². The molecule has 0 bridgehead atoms. The minimum Gasteiger partial charge on any atom is -0.358 e. The number of carbonyl (C=O) groups is 1. The molecule has 0 aliphatic rings. The van der Waals surface area contributed by atoms with E-state index in [0.717, 1.165) is 0 Å². The standard InChI is InChI=1S/C11H14N4O/c1-3-13-11(16)8(2)15-10-9(7-12)5-4-6-14-10/h4-6,8H,3H2,1-2H3,(H,13,16)(H,14,15).